The third-order valence-electron chi connectivity index (χ3n) is 5.40. The molecule has 0 unspecified atom stereocenters. The summed E-state index contributed by atoms with van der Waals surface area (Å²) in [6.07, 6.45) is 2.34. The zero-order valence-electron chi connectivity index (χ0n) is 18.9. The van der Waals surface area contributed by atoms with Crippen LogP contribution in [0, 0.1) is 0 Å². The van der Waals surface area contributed by atoms with Crippen molar-refractivity contribution in [1.29, 1.82) is 0 Å². The van der Waals surface area contributed by atoms with E-state index in [1.54, 1.807) is 25.1 Å². The maximum atomic E-state index is 13.7. The van der Waals surface area contributed by atoms with Crippen LogP contribution in [-0.2, 0) is 29.0 Å². The second-order valence-electron chi connectivity index (χ2n) is 8.00. The Morgan fingerprint density at radius 1 is 1.15 bits per heavy atom. The van der Waals surface area contributed by atoms with Gasteiger partial charge >= 0.3 is 12.1 Å². The van der Waals surface area contributed by atoms with Crippen LogP contribution in [0.3, 0.4) is 0 Å². The summed E-state index contributed by atoms with van der Waals surface area (Å²) in [5.41, 5.74) is 2.76. The van der Waals surface area contributed by atoms with E-state index in [-0.39, 0.29) is 18.6 Å². The second-order valence-corrected chi connectivity index (χ2v) is 8.00. The van der Waals surface area contributed by atoms with E-state index in [9.17, 15) is 18.0 Å². The van der Waals surface area contributed by atoms with Gasteiger partial charge in [0.05, 0.1) is 17.7 Å². The van der Waals surface area contributed by atoms with Crippen molar-refractivity contribution in [2.75, 3.05) is 6.54 Å². The van der Waals surface area contributed by atoms with E-state index >= 15 is 0 Å². The van der Waals surface area contributed by atoms with Crippen LogP contribution in [0.15, 0.2) is 65.8 Å². The summed E-state index contributed by atoms with van der Waals surface area (Å²) in [4.78, 5) is 15.9. The van der Waals surface area contributed by atoms with Crippen LogP contribution in [-0.4, -0.2) is 23.3 Å². The van der Waals surface area contributed by atoms with Gasteiger partial charge in [-0.2, -0.15) is 13.2 Å². The molecule has 180 valence electrons. The summed E-state index contributed by atoms with van der Waals surface area (Å²) in [5, 5.41) is 15.7. The van der Waals surface area contributed by atoms with Crippen molar-refractivity contribution in [3.63, 3.8) is 0 Å². The summed E-state index contributed by atoms with van der Waals surface area (Å²) >= 11 is 0. The molecule has 2 aromatic rings. The molecule has 0 heterocycles. The van der Waals surface area contributed by atoms with Gasteiger partial charge in [0.25, 0.3) is 0 Å². The summed E-state index contributed by atoms with van der Waals surface area (Å²) in [5.74, 6) is -0.847. The predicted octanol–water partition coefficient (Wildman–Crippen LogP) is 5.94. The number of carboxylic acid groups (broad SMARTS) is 1. The number of nitrogens with zero attached hydrogens (tertiary/aromatic N) is 1. The first-order valence-electron chi connectivity index (χ1n) is 11.0. The molecule has 0 spiro atoms. The minimum atomic E-state index is -4.47. The van der Waals surface area contributed by atoms with Crippen molar-refractivity contribution in [2.45, 2.75) is 45.5 Å². The Hall–Kier alpha value is -3.39. The number of hydrogen-bond acceptors (Lipinski definition) is 4. The number of rotatable bonds is 10. The Morgan fingerprint density at radius 2 is 1.88 bits per heavy atom. The van der Waals surface area contributed by atoms with Gasteiger partial charge < -0.3 is 15.3 Å². The van der Waals surface area contributed by atoms with Gasteiger partial charge in [-0.1, -0.05) is 59.8 Å². The molecule has 2 N–H and O–H groups in total. The zero-order chi connectivity index (χ0) is 24.6. The monoisotopic (exact) mass is 472 g/mol. The van der Waals surface area contributed by atoms with Gasteiger partial charge in [0.15, 0.2) is 0 Å². The van der Waals surface area contributed by atoms with Crippen molar-refractivity contribution < 1.29 is 27.9 Å². The van der Waals surface area contributed by atoms with Crippen LogP contribution in [0.25, 0.3) is 5.57 Å². The normalized spacial score (nSPS) is 14.1. The zero-order valence-corrected chi connectivity index (χ0v) is 18.9. The summed E-state index contributed by atoms with van der Waals surface area (Å²) in [6.45, 7) is 2.73. The number of oxime groups is 1. The number of halogens is 3. The summed E-state index contributed by atoms with van der Waals surface area (Å²) in [7, 11) is 0. The maximum Gasteiger partial charge on any atom is 0.417 e. The van der Waals surface area contributed by atoms with E-state index in [1.165, 1.54) is 6.07 Å². The van der Waals surface area contributed by atoms with Gasteiger partial charge in [-0.05, 0) is 53.7 Å². The standard InChI is InChI=1S/C26H27F3N2O3/c1-18(31-34-17-20-9-7-19(8-10-20)16-30-14-13-25(32)33)22-11-12-23(21-5-3-2-4-6-21)24(15-22)26(27,28)29/h2-3,5,7-12,15,30H,4,6,13-14,16-17H2,1H3,(H,32,33)/b31-18+. The van der Waals surface area contributed by atoms with E-state index in [4.69, 9.17) is 9.94 Å². The molecule has 0 fully saturated rings. The van der Waals surface area contributed by atoms with Crippen molar-refractivity contribution in [1.82, 2.24) is 5.32 Å². The Bertz CT molecular complexity index is 1090. The Labute approximate surface area is 196 Å². The number of carboxylic acids is 1. The third-order valence-corrected chi connectivity index (χ3v) is 5.40. The number of alkyl halides is 3. The van der Waals surface area contributed by atoms with Gasteiger partial charge in [-0.25, -0.2) is 0 Å². The molecule has 1 aliphatic carbocycles. The average Bonchev–Trinajstić information content (AvgIpc) is 2.82. The van der Waals surface area contributed by atoms with Crippen LogP contribution in [0.1, 0.15) is 54.0 Å². The Balaban J connectivity index is 1.62. The molecule has 0 aromatic heterocycles. The number of benzene rings is 2. The number of carbonyl (C=O) groups is 1. The highest BCUT2D eigenvalue weighted by atomic mass is 19.4. The lowest BCUT2D eigenvalue weighted by Gasteiger charge is -2.17. The molecule has 0 atom stereocenters. The van der Waals surface area contributed by atoms with Crippen molar-refractivity contribution in [3.8, 4) is 0 Å². The minimum absolute atomic E-state index is 0.0612. The molecular weight excluding hydrogens is 445 g/mol. The Kier molecular flexibility index (Phi) is 8.65. The SMILES string of the molecule is C/C(=N\OCc1ccc(CNCCC(=O)O)cc1)c1ccc(C2=CC=CCC2)c(C(F)(F)F)c1. The molecular formula is C26H27F3N2O3. The molecule has 5 nitrogen and oxygen atoms in total. The first-order chi connectivity index (χ1) is 16.2. The van der Waals surface area contributed by atoms with E-state index in [0.717, 1.165) is 23.6 Å². The van der Waals surface area contributed by atoms with Crippen molar-refractivity contribution >= 4 is 17.3 Å². The fourth-order valence-corrected chi connectivity index (χ4v) is 3.55. The first-order valence-corrected chi connectivity index (χ1v) is 11.0. The molecule has 8 heteroatoms. The lowest BCUT2D eigenvalue weighted by atomic mass is 9.91. The van der Waals surface area contributed by atoms with Crippen LogP contribution in [0.4, 0.5) is 13.2 Å². The number of nitrogens with one attached hydrogen (secondary N) is 1. The number of hydrogen-bond donors (Lipinski definition) is 2. The van der Waals surface area contributed by atoms with Crippen molar-refractivity contribution in [2.24, 2.45) is 5.16 Å². The van der Waals surface area contributed by atoms with Crippen molar-refractivity contribution in [3.05, 3.63) is 88.5 Å². The van der Waals surface area contributed by atoms with Gasteiger partial charge in [0.2, 0.25) is 0 Å². The lowest BCUT2D eigenvalue weighted by molar-refractivity contribution is -0.138. The molecule has 0 bridgehead atoms. The topological polar surface area (TPSA) is 70.9 Å². The quantitative estimate of drug-likeness (QED) is 0.255. The van der Waals surface area contributed by atoms with Gasteiger partial charge in [-0.3, -0.25) is 4.79 Å². The molecule has 0 radical (unpaired) electrons. The molecule has 34 heavy (non-hydrogen) atoms. The van der Waals surface area contributed by atoms with E-state index in [1.807, 2.05) is 30.3 Å². The third kappa shape index (κ3) is 7.31. The molecule has 0 saturated carbocycles. The van der Waals surface area contributed by atoms with E-state index in [2.05, 4.69) is 10.5 Å². The summed E-state index contributed by atoms with van der Waals surface area (Å²) in [6, 6.07) is 11.8. The molecule has 3 rings (SSSR count). The second kappa shape index (κ2) is 11.7. The largest absolute Gasteiger partial charge is 0.481 e. The molecule has 0 saturated heterocycles. The highest BCUT2D eigenvalue weighted by Gasteiger charge is 2.34. The highest BCUT2D eigenvalue weighted by molar-refractivity contribution is 5.99. The Morgan fingerprint density at radius 3 is 2.53 bits per heavy atom. The minimum Gasteiger partial charge on any atom is -0.481 e. The van der Waals surface area contributed by atoms with Gasteiger partial charge in [0, 0.05) is 13.1 Å². The van der Waals surface area contributed by atoms with Gasteiger partial charge in [-0.15, -0.1) is 0 Å². The predicted molar refractivity (Wildman–Crippen MR) is 125 cm³/mol. The number of aliphatic carboxylic acids is 1. The van der Waals surface area contributed by atoms with Crippen LogP contribution in [0.2, 0.25) is 0 Å². The molecule has 0 aliphatic heterocycles. The first kappa shape index (κ1) is 25.2. The van der Waals surface area contributed by atoms with Crippen LogP contribution >= 0.6 is 0 Å². The molecule has 0 amide bonds. The van der Waals surface area contributed by atoms with Gasteiger partial charge in [0.1, 0.15) is 6.61 Å². The average molecular weight is 473 g/mol. The molecule has 1 aliphatic rings. The van der Waals surface area contributed by atoms with Crippen LogP contribution in [0.5, 0.6) is 0 Å². The maximum absolute atomic E-state index is 13.7. The molecule has 2 aromatic carbocycles. The van der Waals surface area contributed by atoms with Crippen LogP contribution < -0.4 is 5.32 Å². The van der Waals surface area contributed by atoms with E-state index in [0.29, 0.717) is 36.4 Å². The number of allylic oxidation sites excluding steroid dienone is 4. The smallest absolute Gasteiger partial charge is 0.417 e. The fourth-order valence-electron chi connectivity index (χ4n) is 3.55. The summed E-state index contributed by atoms with van der Waals surface area (Å²) < 4.78 is 41.2. The van der Waals surface area contributed by atoms with E-state index < -0.39 is 17.7 Å². The lowest BCUT2D eigenvalue weighted by Crippen LogP contribution is -2.17. The fraction of sp³-hybridized carbons (Fsp3) is 0.308. The highest BCUT2D eigenvalue weighted by Crippen LogP contribution is 2.37.